The summed E-state index contributed by atoms with van der Waals surface area (Å²) in [6.07, 6.45) is 1.25. The van der Waals surface area contributed by atoms with Crippen LogP contribution in [0.2, 0.25) is 0 Å². The van der Waals surface area contributed by atoms with E-state index in [1.165, 1.54) is 11.1 Å². The molecular weight excluding hydrogens is 220 g/mol. The number of hydrogen-bond acceptors (Lipinski definition) is 1. The van der Waals surface area contributed by atoms with Crippen molar-refractivity contribution in [3.63, 3.8) is 0 Å². The largest absolute Gasteiger partial charge is 0.299 e. The first kappa shape index (κ1) is 14.9. The topological polar surface area (TPSA) is 17.1 Å². The van der Waals surface area contributed by atoms with E-state index >= 15 is 0 Å². The van der Waals surface area contributed by atoms with Crippen molar-refractivity contribution in [1.29, 1.82) is 0 Å². The highest BCUT2D eigenvalue weighted by molar-refractivity contribution is 5.81. The van der Waals surface area contributed by atoms with E-state index in [1.807, 2.05) is 0 Å². The molecule has 1 nitrogen and oxygen atoms in total. The lowest BCUT2D eigenvalue weighted by Gasteiger charge is -2.26. The van der Waals surface area contributed by atoms with Crippen LogP contribution in [0.25, 0.3) is 0 Å². The van der Waals surface area contributed by atoms with Crippen molar-refractivity contribution in [3.05, 3.63) is 34.9 Å². The number of aryl methyl sites for hydroxylation is 2. The van der Waals surface area contributed by atoms with E-state index in [4.69, 9.17) is 0 Å². The fourth-order valence-electron chi connectivity index (χ4n) is 1.86. The molecule has 0 aliphatic rings. The molecule has 0 aliphatic heterocycles. The Morgan fingerprint density at radius 3 is 2.28 bits per heavy atom. The zero-order chi connectivity index (χ0) is 13.9. The van der Waals surface area contributed by atoms with Crippen LogP contribution < -0.4 is 0 Å². The van der Waals surface area contributed by atoms with Gasteiger partial charge in [-0.15, -0.1) is 0 Å². The summed E-state index contributed by atoms with van der Waals surface area (Å²) in [7, 11) is 0. The highest BCUT2D eigenvalue weighted by Crippen LogP contribution is 2.28. The Hall–Kier alpha value is -1.11. The molecule has 0 fully saturated rings. The zero-order valence-electron chi connectivity index (χ0n) is 12.6. The minimum atomic E-state index is 0.207. The molecule has 1 unspecified atom stereocenters. The van der Waals surface area contributed by atoms with Crippen LogP contribution in [0.4, 0.5) is 0 Å². The molecule has 0 amide bonds. The molecule has 100 valence electrons. The Labute approximate surface area is 112 Å². The number of benzene rings is 1. The molecule has 0 saturated heterocycles. The maximum absolute atomic E-state index is 12.1. The SMILES string of the molecule is Cc1ccc(CC(=O)CC(C)C(C)(C)C)cc1C. The van der Waals surface area contributed by atoms with E-state index in [2.05, 4.69) is 59.7 Å². The van der Waals surface area contributed by atoms with E-state index in [0.29, 0.717) is 24.5 Å². The van der Waals surface area contributed by atoms with Crippen molar-refractivity contribution in [2.45, 2.75) is 54.4 Å². The third kappa shape index (κ3) is 4.29. The maximum Gasteiger partial charge on any atom is 0.137 e. The number of ketones is 1. The van der Waals surface area contributed by atoms with E-state index in [0.717, 1.165) is 5.56 Å². The normalized spacial score (nSPS) is 13.4. The molecule has 0 heterocycles. The number of rotatable bonds is 4. The first-order chi connectivity index (χ1) is 8.20. The van der Waals surface area contributed by atoms with Gasteiger partial charge in [-0.3, -0.25) is 4.79 Å². The molecule has 0 bridgehead atoms. The van der Waals surface area contributed by atoms with Crippen molar-refractivity contribution in [2.24, 2.45) is 11.3 Å². The smallest absolute Gasteiger partial charge is 0.137 e. The zero-order valence-corrected chi connectivity index (χ0v) is 12.6. The van der Waals surface area contributed by atoms with Crippen LogP contribution >= 0.6 is 0 Å². The van der Waals surface area contributed by atoms with Crippen LogP contribution in [0, 0.1) is 25.2 Å². The van der Waals surface area contributed by atoms with Crippen molar-refractivity contribution < 1.29 is 4.79 Å². The number of hydrogen-bond donors (Lipinski definition) is 0. The molecule has 0 aliphatic carbocycles. The summed E-state index contributed by atoms with van der Waals surface area (Å²) < 4.78 is 0. The second-order valence-electron chi connectivity index (χ2n) is 6.61. The molecule has 0 saturated carbocycles. The fourth-order valence-corrected chi connectivity index (χ4v) is 1.86. The van der Waals surface area contributed by atoms with Gasteiger partial charge in [-0.25, -0.2) is 0 Å². The predicted octanol–water partition coefficient (Wildman–Crippen LogP) is 4.49. The summed E-state index contributed by atoms with van der Waals surface area (Å²) in [5, 5.41) is 0. The molecule has 0 aromatic heterocycles. The van der Waals surface area contributed by atoms with Gasteiger partial charge in [0.25, 0.3) is 0 Å². The Bertz CT molecular complexity index is 424. The number of Topliss-reactive ketones (excluding diaryl/α,β-unsaturated/α-hetero) is 1. The lowest BCUT2D eigenvalue weighted by molar-refractivity contribution is -0.120. The van der Waals surface area contributed by atoms with Crippen molar-refractivity contribution in [2.75, 3.05) is 0 Å². The van der Waals surface area contributed by atoms with Crippen LogP contribution in [0.15, 0.2) is 18.2 Å². The quantitative estimate of drug-likeness (QED) is 0.765. The van der Waals surface area contributed by atoms with Gasteiger partial charge in [0.15, 0.2) is 0 Å². The van der Waals surface area contributed by atoms with Gasteiger partial charge in [-0.2, -0.15) is 0 Å². The summed E-state index contributed by atoms with van der Waals surface area (Å²) in [6.45, 7) is 12.9. The summed E-state index contributed by atoms with van der Waals surface area (Å²) in [5.74, 6) is 0.775. The standard InChI is InChI=1S/C17H26O/c1-12-7-8-15(9-13(12)2)11-16(18)10-14(3)17(4,5)6/h7-9,14H,10-11H2,1-6H3. The van der Waals surface area contributed by atoms with E-state index in [9.17, 15) is 4.79 Å². The van der Waals surface area contributed by atoms with E-state index in [-0.39, 0.29) is 5.41 Å². The van der Waals surface area contributed by atoms with Gasteiger partial charge >= 0.3 is 0 Å². The van der Waals surface area contributed by atoms with Crippen LogP contribution in [0.5, 0.6) is 0 Å². The van der Waals surface area contributed by atoms with E-state index in [1.54, 1.807) is 0 Å². The molecule has 1 aromatic rings. The lowest BCUT2D eigenvalue weighted by Crippen LogP contribution is -2.21. The van der Waals surface area contributed by atoms with Gasteiger partial charge < -0.3 is 0 Å². The third-order valence-electron chi connectivity index (χ3n) is 3.98. The van der Waals surface area contributed by atoms with E-state index < -0.39 is 0 Å². The number of carbonyl (C=O) groups excluding carboxylic acids is 1. The highest BCUT2D eigenvalue weighted by atomic mass is 16.1. The molecule has 18 heavy (non-hydrogen) atoms. The minimum Gasteiger partial charge on any atom is -0.299 e. The van der Waals surface area contributed by atoms with Crippen molar-refractivity contribution in [3.8, 4) is 0 Å². The van der Waals surface area contributed by atoms with Gasteiger partial charge in [0.2, 0.25) is 0 Å². The Morgan fingerprint density at radius 1 is 1.17 bits per heavy atom. The Kier molecular flexibility index (Phi) is 4.72. The van der Waals surface area contributed by atoms with Crippen LogP contribution in [0.1, 0.15) is 50.8 Å². The summed E-state index contributed by atoms with van der Waals surface area (Å²) in [4.78, 5) is 12.1. The first-order valence-electron chi connectivity index (χ1n) is 6.78. The summed E-state index contributed by atoms with van der Waals surface area (Å²) in [6, 6.07) is 6.31. The minimum absolute atomic E-state index is 0.207. The summed E-state index contributed by atoms with van der Waals surface area (Å²) in [5.41, 5.74) is 3.90. The highest BCUT2D eigenvalue weighted by Gasteiger charge is 2.22. The average Bonchev–Trinajstić information content (AvgIpc) is 2.22. The molecule has 1 heteroatoms. The van der Waals surface area contributed by atoms with Gasteiger partial charge in [0.05, 0.1) is 0 Å². The second kappa shape index (κ2) is 5.69. The molecule has 0 N–H and O–H groups in total. The van der Waals surface area contributed by atoms with Gasteiger partial charge in [0, 0.05) is 12.8 Å². The third-order valence-corrected chi connectivity index (χ3v) is 3.98. The van der Waals surface area contributed by atoms with Crippen LogP contribution in [-0.2, 0) is 11.2 Å². The molecule has 0 radical (unpaired) electrons. The number of carbonyl (C=O) groups is 1. The molecule has 1 rings (SSSR count). The lowest BCUT2D eigenvalue weighted by atomic mass is 9.79. The van der Waals surface area contributed by atoms with Crippen molar-refractivity contribution in [1.82, 2.24) is 0 Å². The summed E-state index contributed by atoms with van der Waals surface area (Å²) >= 11 is 0. The molecular formula is C17H26O. The Balaban J connectivity index is 2.62. The van der Waals surface area contributed by atoms with Crippen molar-refractivity contribution >= 4 is 5.78 Å². The second-order valence-corrected chi connectivity index (χ2v) is 6.61. The maximum atomic E-state index is 12.1. The fraction of sp³-hybridized carbons (Fsp3) is 0.588. The molecule has 0 spiro atoms. The van der Waals surface area contributed by atoms with Gasteiger partial charge in [0.1, 0.15) is 5.78 Å². The molecule has 1 aromatic carbocycles. The van der Waals surface area contributed by atoms with Crippen LogP contribution in [-0.4, -0.2) is 5.78 Å². The molecule has 1 atom stereocenters. The average molecular weight is 246 g/mol. The first-order valence-corrected chi connectivity index (χ1v) is 6.78. The van der Waals surface area contributed by atoms with Gasteiger partial charge in [-0.1, -0.05) is 45.9 Å². The predicted molar refractivity (Wildman–Crippen MR) is 77.9 cm³/mol. The monoisotopic (exact) mass is 246 g/mol. The van der Waals surface area contributed by atoms with Crippen LogP contribution in [0.3, 0.4) is 0 Å². The Morgan fingerprint density at radius 2 is 1.78 bits per heavy atom. The van der Waals surface area contributed by atoms with Gasteiger partial charge in [-0.05, 0) is 41.9 Å².